The summed E-state index contributed by atoms with van der Waals surface area (Å²) in [4.78, 5) is 9.64. The van der Waals surface area contributed by atoms with Crippen LogP contribution in [0, 0.1) is 6.92 Å². The van der Waals surface area contributed by atoms with Gasteiger partial charge in [0.05, 0.1) is 17.7 Å². The van der Waals surface area contributed by atoms with Crippen molar-refractivity contribution in [2.45, 2.75) is 39.8 Å². The van der Waals surface area contributed by atoms with Gasteiger partial charge in [0, 0.05) is 24.5 Å². The number of rotatable bonds is 6. The Morgan fingerprint density at radius 3 is 2.83 bits per heavy atom. The van der Waals surface area contributed by atoms with Crippen LogP contribution in [0.25, 0.3) is 0 Å². The summed E-state index contributed by atoms with van der Waals surface area (Å²) in [5, 5.41) is 7.40. The van der Waals surface area contributed by atoms with E-state index in [1.807, 2.05) is 6.92 Å². The minimum absolute atomic E-state index is 0.845. The molecule has 98 valence electrons. The number of nitrogens with one attached hydrogen (secondary N) is 2. The lowest BCUT2D eigenvalue weighted by molar-refractivity contribution is 0.311. The highest BCUT2D eigenvalue weighted by Crippen LogP contribution is 2.09. The van der Waals surface area contributed by atoms with Gasteiger partial charge < -0.3 is 4.98 Å². The SMILES string of the molecule is CCCc1cc(CN(C)Cc2nc[nH]c2C)[nH]n1. The molecule has 0 aliphatic heterocycles. The Labute approximate surface area is 108 Å². The molecule has 0 unspecified atom stereocenters. The Morgan fingerprint density at radius 1 is 1.33 bits per heavy atom. The van der Waals surface area contributed by atoms with Crippen LogP contribution in [0.15, 0.2) is 12.4 Å². The molecule has 2 aromatic rings. The van der Waals surface area contributed by atoms with Gasteiger partial charge in [-0.3, -0.25) is 10.00 Å². The van der Waals surface area contributed by atoms with E-state index in [0.717, 1.165) is 48.7 Å². The molecule has 0 spiro atoms. The third-order valence-electron chi connectivity index (χ3n) is 2.98. The second-order valence-electron chi connectivity index (χ2n) is 4.78. The van der Waals surface area contributed by atoms with Gasteiger partial charge >= 0.3 is 0 Å². The van der Waals surface area contributed by atoms with Gasteiger partial charge in [0.15, 0.2) is 0 Å². The van der Waals surface area contributed by atoms with Crippen molar-refractivity contribution < 1.29 is 0 Å². The molecule has 0 saturated carbocycles. The molecule has 0 amide bonds. The highest BCUT2D eigenvalue weighted by molar-refractivity contribution is 5.10. The molecule has 0 fully saturated rings. The number of hydrogen-bond donors (Lipinski definition) is 2. The Kier molecular flexibility index (Phi) is 4.15. The van der Waals surface area contributed by atoms with Crippen molar-refractivity contribution in [3.63, 3.8) is 0 Å². The Balaban J connectivity index is 1.90. The van der Waals surface area contributed by atoms with Crippen molar-refractivity contribution in [1.82, 2.24) is 25.1 Å². The number of aromatic nitrogens is 4. The molecule has 2 aromatic heterocycles. The lowest BCUT2D eigenvalue weighted by Crippen LogP contribution is -2.18. The largest absolute Gasteiger partial charge is 0.348 e. The number of aryl methyl sites for hydroxylation is 2. The topological polar surface area (TPSA) is 60.6 Å². The summed E-state index contributed by atoms with van der Waals surface area (Å²) >= 11 is 0. The highest BCUT2D eigenvalue weighted by Gasteiger charge is 2.08. The van der Waals surface area contributed by atoms with Crippen molar-refractivity contribution in [2.24, 2.45) is 0 Å². The van der Waals surface area contributed by atoms with Crippen LogP contribution in [0.4, 0.5) is 0 Å². The summed E-state index contributed by atoms with van der Waals surface area (Å²) < 4.78 is 0. The lowest BCUT2D eigenvalue weighted by Gasteiger charge is -2.14. The summed E-state index contributed by atoms with van der Waals surface area (Å²) in [6, 6.07) is 2.15. The number of hydrogen-bond acceptors (Lipinski definition) is 3. The van der Waals surface area contributed by atoms with Crippen LogP contribution in [0.5, 0.6) is 0 Å². The van der Waals surface area contributed by atoms with Gasteiger partial charge in [-0.25, -0.2) is 4.98 Å². The van der Waals surface area contributed by atoms with Crippen LogP contribution in [0.1, 0.15) is 36.1 Å². The minimum Gasteiger partial charge on any atom is -0.348 e. The van der Waals surface area contributed by atoms with Crippen molar-refractivity contribution in [3.8, 4) is 0 Å². The third-order valence-corrected chi connectivity index (χ3v) is 2.98. The van der Waals surface area contributed by atoms with E-state index in [2.05, 4.69) is 45.1 Å². The molecule has 18 heavy (non-hydrogen) atoms. The molecule has 0 atom stereocenters. The van der Waals surface area contributed by atoms with E-state index >= 15 is 0 Å². The van der Waals surface area contributed by atoms with Crippen LogP contribution in [0.3, 0.4) is 0 Å². The quantitative estimate of drug-likeness (QED) is 0.821. The average molecular weight is 247 g/mol. The maximum atomic E-state index is 4.31. The van der Waals surface area contributed by atoms with Crippen LogP contribution in [-0.4, -0.2) is 32.1 Å². The van der Waals surface area contributed by atoms with E-state index in [1.54, 1.807) is 6.33 Å². The number of aromatic amines is 2. The van der Waals surface area contributed by atoms with Crippen molar-refractivity contribution >= 4 is 0 Å². The Bertz CT molecular complexity index is 485. The summed E-state index contributed by atoms with van der Waals surface area (Å²) in [5.74, 6) is 0. The van der Waals surface area contributed by atoms with Crippen LogP contribution in [-0.2, 0) is 19.5 Å². The highest BCUT2D eigenvalue weighted by atomic mass is 15.2. The predicted octanol–water partition coefficient (Wildman–Crippen LogP) is 2.03. The number of nitrogens with zero attached hydrogens (tertiary/aromatic N) is 3. The molecule has 2 rings (SSSR count). The van der Waals surface area contributed by atoms with E-state index in [-0.39, 0.29) is 0 Å². The van der Waals surface area contributed by atoms with Crippen LogP contribution in [0.2, 0.25) is 0 Å². The first-order valence-electron chi connectivity index (χ1n) is 6.39. The van der Waals surface area contributed by atoms with Gasteiger partial charge in [0.25, 0.3) is 0 Å². The Hall–Kier alpha value is -1.62. The fourth-order valence-electron chi connectivity index (χ4n) is 2.02. The van der Waals surface area contributed by atoms with Gasteiger partial charge in [-0.2, -0.15) is 5.10 Å². The van der Waals surface area contributed by atoms with E-state index in [1.165, 1.54) is 0 Å². The van der Waals surface area contributed by atoms with Gasteiger partial charge in [0.1, 0.15) is 0 Å². The molecular weight excluding hydrogens is 226 g/mol. The zero-order valence-corrected chi connectivity index (χ0v) is 11.3. The van der Waals surface area contributed by atoms with Crippen LogP contribution >= 0.6 is 0 Å². The molecule has 0 radical (unpaired) electrons. The first kappa shape index (κ1) is 12.8. The second kappa shape index (κ2) is 5.82. The smallest absolute Gasteiger partial charge is 0.0925 e. The fourth-order valence-corrected chi connectivity index (χ4v) is 2.02. The minimum atomic E-state index is 0.845. The summed E-state index contributed by atoms with van der Waals surface area (Å²) in [6.45, 7) is 5.92. The first-order valence-corrected chi connectivity index (χ1v) is 6.39. The predicted molar refractivity (Wildman–Crippen MR) is 71.1 cm³/mol. The summed E-state index contributed by atoms with van der Waals surface area (Å²) in [7, 11) is 2.09. The van der Waals surface area contributed by atoms with Gasteiger partial charge in [-0.05, 0) is 26.5 Å². The lowest BCUT2D eigenvalue weighted by atomic mass is 10.2. The van der Waals surface area contributed by atoms with Crippen molar-refractivity contribution in [2.75, 3.05) is 7.05 Å². The number of H-pyrrole nitrogens is 2. The van der Waals surface area contributed by atoms with E-state index in [9.17, 15) is 0 Å². The van der Waals surface area contributed by atoms with Crippen molar-refractivity contribution in [3.05, 3.63) is 35.2 Å². The van der Waals surface area contributed by atoms with Gasteiger partial charge in [0.2, 0.25) is 0 Å². The summed E-state index contributed by atoms with van der Waals surface area (Å²) in [6.07, 6.45) is 3.92. The molecule has 5 heteroatoms. The molecule has 5 nitrogen and oxygen atoms in total. The molecule has 0 bridgehead atoms. The first-order chi connectivity index (χ1) is 8.69. The van der Waals surface area contributed by atoms with Crippen LogP contribution < -0.4 is 0 Å². The van der Waals surface area contributed by atoms with Crippen molar-refractivity contribution in [1.29, 1.82) is 0 Å². The van der Waals surface area contributed by atoms with Gasteiger partial charge in [-0.1, -0.05) is 13.3 Å². The molecule has 0 aliphatic carbocycles. The molecule has 0 aromatic carbocycles. The maximum absolute atomic E-state index is 4.31. The monoisotopic (exact) mass is 247 g/mol. The second-order valence-corrected chi connectivity index (χ2v) is 4.78. The normalized spacial score (nSPS) is 11.3. The maximum Gasteiger partial charge on any atom is 0.0925 e. The van der Waals surface area contributed by atoms with E-state index in [0.29, 0.717) is 0 Å². The third kappa shape index (κ3) is 3.20. The number of imidazole rings is 1. The van der Waals surface area contributed by atoms with E-state index in [4.69, 9.17) is 0 Å². The zero-order valence-electron chi connectivity index (χ0n) is 11.3. The molecule has 2 heterocycles. The summed E-state index contributed by atoms with van der Waals surface area (Å²) in [5.41, 5.74) is 4.55. The average Bonchev–Trinajstić information content (AvgIpc) is 2.90. The van der Waals surface area contributed by atoms with E-state index < -0.39 is 0 Å². The molecule has 0 aliphatic rings. The standard InChI is InChI=1S/C13H21N5/c1-4-5-11-6-12(17-16-11)7-18(3)8-13-10(2)14-9-15-13/h6,9H,4-5,7-8H2,1-3H3,(H,14,15)(H,16,17). The Morgan fingerprint density at radius 2 is 2.17 bits per heavy atom. The molecule has 2 N–H and O–H groups in total. The van der Waals surface area contributed by atoms with Gasteiger partial charge in [-0.15, -0.1) is 0 Å². The fraction of sp³-hybridized carbons (Fsp3) is 0.538. The molecular formula is C13H21N5. The molecule has 0 saturated heterocycles. The zero-order chi connectivity index (χ0) is 13.0.